The maximum absolute atomic E-state index is 13.1. The minimum atomic E-state index is -0.776. The van der Waals surface area contributed by atoms with E-state index in [9.17, 15) is 19.8 Å². The summed E-state index contributed by atoms with van der Waals surface area (Å²) < 4.78 is 5.89. The Kier molecular flexibility index (Phi) is 38.2. The molecule has 0 rings (SSSR count). The molecule has 3 N–H and O–H groups in total. The Balaban J connectivity index is 4.56. The molecule has 298 valence electrons. The summed E-state index contributed by atoms with van der Waals surface area (Å²) in [6.07, 6.45) is 38.7. The minimum absolute atomic E-state index is 0.0863. The molecule has 0 saturated carbocycles. The van der Waals surface area contributed by atoms with Crippen LogP contribution < -0.4 is 5.32 Å². The predicted molar refractivity (Wildman–Crippen MR) is 214 cm³/mol. The van der Waals surface area contributed by atoms with Crippen molar-refractivity contribution in [3.8, 4) is 0 Å². The Morgan fingerprint density at radius 1 is 0.500 bits per heavy atom. The normalized spacial score (nSPS) is 13.3. The lowest BCUT2D eigenvalue weighted by Crippen LogP contribution is -2.46. The highest BCUT2D eigenvalue weighted by molar-refractivity contribution is 5.77. The van der Waals surface area contributed by atoms with Crippen LogP contribution in [0.25, 0.3) is 0 Å². The number of unbranched alkanes of at least 4 members (excludes halogenated alkanes) is 28. The molecule has 1 amide bonds. The van der Waals surface area contributed by atoms with Crippen molar-refractivity contribution in [2.24, 2.45) is 0 Å². The summed E-state index contributed by atoms with van der Waals surface area (Å²) in [7, 11) is 0. The average Bonchev–Trinajstić information content (AvgIpc) is 3.10. The molecule has 0 fully saturated rings. The summed E-state index contributed by atoms with van der Waals surface area (Å²) in [5, 5.41) is 23.5. The van der Waals surface area contributed by atoms with Crippen LogP contribution >= 0.6 is 0 Å². The number of carbonyl (C=O) groups is 2. The van der Waals surface area contributed by atoms with Gasteiger partial charge in [-0.3, -0.25) is 9.59 Å². The second kappa shape index (κ2) is 39.1. The first-order chi connectivity index (χ1) is 24.5. The lowest BCUT2D eigenvalue weighted by Gasteiger charge is -2.24. The molecule has 0 aliphatic carbocycles. The molecule has 6 nitrogen and oxygen atoms in total. The van der Waals surface area contributed by atoms with Gasteiger partial charge >= 0.3 is 5.97 Å². The van der Waals surface area contributed by atoms with E-state index in [2.05, 4.69) is 26.1 Å². The van der Waals surface area contributed by atoms with Crippen LogP contribution in [-0.4, -0.2) is 46.9 Å². The fourth-order valence-electron chi connectivity index (χ4n) is 7.02. The quantitative estimate of drug-likeness (QED) is 0.0435. The van der Waals surface area contributed by atoms with Crippen LogP contribution in [0.4, 0.5) is 0 Å². The van der Waals surface area contributed by atoms with Gasteiger partial charge in [0, 0.05) is 6.42 Å². The smallest absolute Gasteiger partial charge is 0.306 e. The highest BCUT2D eigenvalue weighted by atomic mass is 16.5. The molecule has 0 aliphatic heterocycles. The lowest BCUT2D eigenvalue weighted by atomic mass is 10.0. The number of hydrogen-bond donors (Lipinski definition) is 3. The van der Waals surface area contributed by atoms with Gasteiger partial charge in [-0.1, -0.05) is 207 Å². The number of aliphatic hydroxyl groups excluding tert-OH is 2. The summed E-state index contributed by atoms with van der Waals surface area (Å²) in [4.78, 5) is 25.9. The number of nitrogens with one attached hydrogen (secondary N) is 1. The van der Waals surface area contributed by atoms with Gasteiger partial charge in [0.25, 0.3) is 0 Å². The van der Waals surface area contributed by atoms with Gasteiger partial charge in [-0.2, -0.15) is 0 Å². The fourth-order valence-corrected chi connectivity index (χ4v) is 7.02. The lowest BCUT2D eigenvalue weighted by molar-refractivity contribution is -0.151. The first-order valence-electron chi connectivity index (χ1n) is 22.3. The van der Waals surface area contributed by atoms with Crippen LogP contribution in [0.2, 0.25) is 0 Å². The number of amides is 1. The monoisotopic (exact) mass is 710 g/mol. The second-order valence-corrected chi connectivity index (χ2v) is 15.5. The fraction of sp³-hybridized carbons (Fsp3) is 0.955. The molecule has 0 aromatic rings. The first kappa shape index (κ1) is 48.9. The van der Waals surface area contributed by atoms with E-state index in [1.165, 1.54) is 154 Å². The van der Waals surface area contributed by atoms with Crippen LogP contribution in [-0.2, 0) is 14.3 Å². The van der Waals surface area contributed by atoms with Gasteiger partial charge in [-0.25, -0.2) is 0 Å². The van der Waals surface area contributed by atoms with Crippen molar-refractivity contribution in [1.29, 1.82) is 0 Å². The zero-order valence-corrected chi connectivity index (χ0v) is 33.8. The molecule has 0 spiro atoms. The Labute approximate surface area is 311 Å². The molecular formula is C44H87NO5. The van der Waals surface area contributed by atoms with Crippen molar-refractivity contribution in [3.05, 3.63) is 0 Å². The third kappa shape index (κ3) is 34.0. The molecule has 50 heavy (non-hydrogen) atoms. The highest BCUT2D eigenvalue weighted by Gasteiger charge is 2.24. The second-order valence-electron chi connectivity index (χ2n) is 15.5. The summed E-state index contributed by atoms with van der Waals surface area (Å²) in [5.74, 6) is -0.461. The van der Waals surface area contributed by atoms with E-state index in [1.807, 2.05) is 0 Å². The van der Waals surface area contributed by atoms with Gasteiger partial charge in [0.2, 0.25) is 5.91 Å². The van der Waals surface area contributed by atoms with Gasteiger partial charge in [0.05, 0.1) is 25.2 Å². The molecular weight excluding hydrogens is 622 g/mol. The third-order valence-electron chi connectivity index (χ3n) is 10.4. The number of aliphatic hydroxyl groups is 2. The van der Waals surface area contributed by atoms with Crippen LogP contribution in [0.1, 0.15) is 245 Å². The van der Waals surface area contributed by atoms with E-state index in [4.69, 9.17) is 4.74 Å². The van der Waals surface area contributed by atoms with Gasteiger partial charge < -0.3 is 20.3 Å². The summed E-state index contributed by atoms with van der Waals surface area (Å²) in [6.45, 7) is 6.45. The predicted octanol–water partition coefficient (Wildman–Crippen LogP) is 12.4. The van der Waals surface area contributed by atoms with Crippen LogP contribution in [0, 0.1) is 0 Å². The zero-order chi connectivity index (χ0) is 36.8. The molecule has 0 saturated heterocycles. The van der Waals surface area contributed by atoms with Crippen LogP contribution in [0.5, 0.6) is 0 Å². The van der Waals surface area contributed by atoms with E-state index in [-0.39, 0.29) is 24.9 Å². The van der Waals surface area contributed by atoms with Crippen molar-refractivity contribution >= 4 is 11.9 Å². The molecule has 0 aromatic heterocycles. The number of hydrogen-bond acceptors (Lipinski definition) is 5. The molecule has 0 heterocycles. The molecule has 6 heteroatoms. The zero-order valence-electron chi connectivity index (χ0n) is 33.8. The third-order valence-corrected chi connectivity index (χ3v) is 10.4. The molecule has 0 aliphatic rings. The standard InChI is InChI=1S/C44H87NO5/c1-4-7-10-13-16-19-21-24-26-29-32-35-40(50-44(49)37-34-31-28-25-22-20-17-14-11-8-5-2)38-43(48)45-41(39-46)42(47)36-33-30-27-23-18-15-12-9-6-3/h40-42,46-47H,4-39H2,1-3H3,(H,45,48). The number of esters is 1. The Morgan fingerprint density at radius 2 is 0.840 bits per heavy atom. The van der Waals surface area contributed by atoms with Crippen LogP contribution in [0.3, 0.4) is 0 Å². The van der Waals surface area contributed by atoms with Crippen molar-refractivity contribution < 1.29 is 24.5 Å². The number of rotatable bonds is 40. The molecule has 3 unspecified atom stereocenters. The molecule has 0 radical (unpaired) electrons. The Bertz CT molecular complexity index is 717. The van der Waals surface area contributed by atoms with Crippen molar-refractivity contribution in [3.63, 3.8) is 0 Å². The van der Waals surface area contributed by atoms with Crippen LogP contribution in [0.15, 0.2) is 0 Å². The van der Waals surface area contributed by atoms with E-state index >= 15 is 0 Å². The maximum Gasteiger partial charge on any atom is 0.306 e. The van der Waals surface area contributed by atoms with E-state index in [0.717, 1.165) is 44.9 Å². The summed E-state index contributed by atoms with van der Waals surface area (Å²) in [5.41, 5.74) is 0. The van der Waals surface area contributed by atoms with E-state index < -0.39 is 18.2 Å². The van der Waals surface area contributed by atoms with E-state index in [0.29, 0.717) is 19.3 Å². The largest absolute Gasteiger partial charge is 0.462 e. The molecule has 0 bridgehead atoms. The Morgan fingerprint density at radius 3 is 1.22 bits per heavy atom. The van der Waals surface area contributed by atoms with Crippen molar-refractivity contribution in [2.75, 3.05) is 6.61 Å². The summed E-state index contributed by atoms with van der Waals surface area (Å²) >= 11 is 0. The summed E-state index contributed by atoms with van der Waals surface area (Å²) in [6, 6.07) is -0.689. The number of ether oxygens (including phenoxy) is 1. The molecule has 3 atom stereocenters. The van der Waals surface area contributed by atoms with Crippen molar-refractivity contribution in [2.45, 2.75) is 264 Å². The van der Waals surface area contributed by atoms with Crippen molar-refractivity contribution in [1.82, 2.24) is 5.32 Å². The first-order valence-corrected chi connectivity index (χ1v) is 22.3. The molecule has 0 aromatic carbocycles. The maximum atomic E-state index is 13.1. The van der Waals surface area contributed by atoms with Gasteiger partial charge in [0.15, 0.2) is 0 Å². The highest BCUT2D eigenvalue weighted by Crippen LogP contribution is 2.18. The van der Waals surface area contributed by atoms with E-state index in [1.54, 1.807) is 0 Å². The number of carbonyl (C=O) groups excluding carboxylic acids is 2. The average molecular weight is 710 g/mol. The van der Waals surface area contributed by atoms with Gasteiger partial charge in [-0.15, -0.1) is 0 Å². The van der Waals surface area contributed by atoms with Gasteiger partial charge in [0.1, 0.15) is 6.10 Å². The van der Waals surface area contributed by atoms with Gasteiger partial charge in [-0.05, 0) is 25.7 Å². The SMILES string of the molecule is CCCCCCCCCCCCCC(=O)OC(CCCCCCCCCCCCC)CC(=O)NC(CO)C(O)CCCCCCCCCCC. The Hall–Kier alpha value is -1.14. The topological polar surface area (TPSA) is 95.9 Å². The minimum Gasteiger partial charge on any atom is -0.462 e.